The highest BCUT2D eigenvalue weighted by molar-refractivity contribution is 7.78. The lowest BCUT2D eigenvalue weighted by atomic mass is 10.1. The van der Waals surface area contributed by atoms with E-state index < -0.39 is 11.1 Å². The minimum Gasteiger partial charge on any atom is -0.772 e. The quantitative estimate of drug-likeness (QED) is 0.553. The Balaban J connectivity index is 1.98. The lowest BCUT2D eigenvalue weighted by molar-refractivity contribution is 0.323. The molecule has 0 aliphatic rings. The lowest BCUT2D eigenvalue weighted by Crippen LogP contribution is -2.01. The zero-order valence-corrected chi connectivity index (χ0v) is 15.9. The van der Waals surface area contributed by atoms with Gasteiger partial charge in [0, 0.05) is 11.6 Å². The van der Waals surface area contributed by atoms with Crippen LogP contribution in [-0.2, 0) is 16.8 Å². The summed E-state index contributed by atoms with van der Waals surface area (Å²) in [6, 6.07) is 9.23. The Morgan fingerprint density at radius 2 is 1.78 bits per heavy atom. The average Bonchev–Trinajstić information content (AvgIpc) is 3.12. The number of hydrogen-bond donors (Lipinski definition) is 0. The first-order valence-electron chi connectivity index (χ1n) is 8.55. The second kappa shape index (κ2) is 8.79. The molecule has 0 fully saturated rings. The number of rotatable bonds is 8. The molecule has 0 saturated carbocycles. The Kier molecular flexibility index (Phi) is 6.20. The van der Waals surface area contributed by atoms with E-state index >= 15 is 0 Å². The van der Waals surface area contributed by atoms with Crippen LogP contribution in [0.1, 0.15) is 19.5 Å². The summed E-state index contributed by atoms with van der Waals surface area (Å²) in [6.45, 7) is 4.97. The second-order valence-electron chi connectivity index (χ2n) is 5.66. The first kappa shape index (κ1) is 19.1. The van der Waals surface area contributed by atoms with Crippen LogP contribution in [0.25, 0.3) is 16.9 Å². The van der Waals surface area contributed by atoms with Gasteiger partial charge in [-0.05, 0) is 49.2 Å². The van der Waals surface area contributed by atoms with Crippen LogP contribution in [-0.4, -0.2) is 36.5 Å². The van der Waals surface area contributed by atoms with Gasteiger partial charge in [-0.1, -0.05) is 0 Å². The number of pyridine rings is 1. The van der Waals surface area contributed by atoms with Gasteiger partial charge in [-0.3, -0.25) is 13.8 Å². The lowest BCUT2D eigenvalue weighted by Gasteiger charge is -2.13. The summed E-state index contributed by atoms with van der Waals surface area (Å²) < 4.78 is 34.8. The standard InChI is InChI=1S/C19H21N3O4S/c1-3-25-17-7-14(8-18(9-17)26-4-2)19-11-20-13-22(19)16-6-5-15(21-10-16)12-27(23)24/h5-11,13H,3-4,12H2,1-2H3,(H,23,24)/p-1. The molecule has 0 bridgehead atoms. The molecule has 3 aromatic rings. The monoisotopic (exact) mass is 386 g/mol. The number of imidazole rings is 1. The number of aromatic nitrogens is 3. The minimum absolute atomic E-state index is 0.106. The summed E-state index contributed by atoms with van der Waals surface area (Å²) >= 11 is -2.16. The van der Waals surface area contributed by atoms with Crippen LogP contribution in [0, 0.1) is 0 Å². The van der Waals surface area contributed by atoms with Crippen molar-refractivity contribution in [2.45, 2.75) is 19.6 Å². The van der Waals surface area contributed by atoms with Crippen LogP contribution in [0.5, 0.6) is 11.5 Å². The molecule has 1 aromatic carbocycles. The van der Waals surface area contributed by atoms with E-state index in [1.54, 1.807) is 24.8 Å². The average molecular weight is 386 g/mol. The van der Waals surface area contributed by atoms with Gasteiger partial charge >= 0.3 is 0 Å². The van der Waals surface area contributed by atoms with Crippen LogP contribution in [0.15, 0.2) is 49.1 Å². The zero-order chi connectivity index (χ0) is 19.2. The van der Waals surface area contributed by atoms with Crippen molar-refractivity contribution >= 4 is 11.1 Å². The van der Waals surface area contributed by atoms with Crippen molar-refractivity contribution in [3.05, 3.63) is 54.7 Å². The van der Waals surface area contributed by atoms with Gasteiger partial charge in [0.05, 0.1) is 54.8 Å². The van der Waals surface area contributed by atoms with Crippen molar-refractivity contribution in [1.82, 2.24) is 14.5 Å². The Morgan fingerprint density at radius 1 is 1.07 bits per heavy atom. The maximum absolute atomic E-state index is 10.8. The summed E-state index contributed by atoms with van der Waals surface area (Å²) in [5.41, 5.74) is 3.01. The molecular formula is C19H20N3O4S-. The van der Waals surface area contributed by atoms with E-state index in [0.29, 0.717) is 18.9 Å². The van der Waals surface area contributed by atoms with E-state index in [0.717, 1.165) is 28.4 Å². The van der Waals surface area contributed by atoms with Crippen LogP contribution < -0.4 is 9.47 Å². The third-order valence-corrected chi connectivity index (χ3v) is 4.32. The van der Waals surface area contributed by atoms with Crippen LogP contribution in [0.3, 0.4) is 0 Å². The molecule has 1 atom stereocenters. The Morgan fingerprint density at radius 3 is 2.33 bits per heavy atom. The van der Waals surface area contributed by atoms with Gasteiger partial charge < -0.3 is 14.0 Å². The highest BCUT2D eigenvalue weighted by Gasteiger charge is 2.11. The highest BCUT2D eigenvalue weighted by Crippen LogP contribution is 2.31. The molecule has 8 heteroatoms. The van der Waals surface area contributed by atoms with Gasteiger partial charge in [0.25, 0.3) is 0 Å². The molecule has 2 heterocycles. The van der Waals surface area contributed by atoms with Gasteiger partial charge in [0.15, 0.2) is 0 Å². The molecule has 0 N–H and O–H groups in total. The molecule has 0 spiro atoms. The fourth-order valence-corrected chi connectivity index (χ4v) is 3.11. The molecular weight excluding hydrogens is 366 g/mol. The van der Waals surface area contributed by atoms with E-state index in [1.807, 2.05) is 42.7 Å². The maximum atomic E-state index is 10.8. The largest absolute Gasteiger partial charge is 0.772 e. The molecule has 0 aliphatic heterocycles. The van der Waals surface area contributed by atoms with Crippen LogP contribution >= 0.6 is 0 Å². The molecule has 0 saturated heterocycles. The van der Waals surface area contributed by atoms with Crippen LogP contribution in [0.4, 0.5) is 0 Å². The maximum Gasteiger partial charge on any atom is 0.123 e. The van der Waals surface area contributed by atoms with Crippen molar-refractivity contribution in [3.8, 4) is 28.4 Å². The molecule has 0 amide bonds. The second-order valence-corrected chi connectivity index (χ2v) is 6.56. The van der Waals surface area contributed by atoms with Crippen molar-refractivity contribution < 1.29 is 18.2 Å². The van der Waals surface area contributed by atoms with Gasteiger partial charge in [0.1, 0.15) is 11.5 Å². The van der Waals surface area contributed by atoms with E-state index in [1.165, 1.54) is 0 Å². The number of benzene rings is 1. The summed E-state index contributed by atoms with van der Waals surface area (Å²) in [5, 5.41) is 0. The molecule has 0 aliphatic carbocycles. The normalized spacial score (nSPS) is 12.0. The highest BCUT2D eigenvalue weighted by atomic mass is 32.2. The summed E-state index contributed by atoms with van der Waals surface area (Å²) in [4.78, 5) is 8.46. The fourth-order valence-electron chi connectivity index (χ4n) is 2.70. The third kappa shape index (κ3) is 4.72. The predicted molar refractivity (Wildman–Crippen MR) is 102 cm³/mol. The van der Waals surface area contributed by atoms with Gasteiger partial charge in [0.2, 0.25) is 0 Å². The summed E-state index contributed by atoms with van der Waals surface area (Å²) in [7, 11) is 0. The van der Waals surface area contributed by atoms with Crippen molar-refractivity contribution in [3.63, 3.8) is 0 Å². The van der Waals surface area contributed by atoms with E-state index in [2.05, 4.69) is 9.97 Å². The Bertz CT molecular complexity index is 901. The molecule has 1 unspecified atom stereocenters. The third-order valence-electron chi connectivity index (χ3n) is 3.79. The van der Waals surface area contributed by atoms with E-state index in [4.69, 9.17) is 9.47 Å². The van der Waals surface area contributed by atoms with Crippen LogP contribution in [0.2, 0.25) is 0 Å². The number of hydrogen-bond acceptors (Lipinski definition) is 6. The smallest absolute Gasteiger partial charge is 0.123 e. The topological polar surface area (TPSA) is 89.3 Å². The van der Waals surface area contributed by atoms with Crippen molar-refractivity contribution in [1.29, 1.82) is 0 Å². The number of ether oxygens (including phenoxy) is 2. The first-order chi connectivity index (χ1) is 13.1. The van der Waals surface area contributed by atoms with Gasteiger partial charge in [-0.15, -0.1) is 0 Å². The van der Waals surface area contributed by atoms with E-state index in [-0.39, 0.29) is 5.75 Å². The Hall–Kier alpha value is -2.71. The molecule has 0 radical (unpaired) electrons. The van der Waals surface area contributed by atoms with Gasteiger partial charge in [-0.2, -0.15) is 0 Å². The molecule has 27 heavy (non-hydrogen) atoms. The molecule has 142 valence electrons. The minimum atomic E-state index is -2.16. The first-order valence-corrected chi connectivity index (χ1v) is 9.79. The van der Waals surface area contributed by atoms with Crippen molar-refractivity contribution in [2.24, 2.45) is 0 Å². The van der Waals surface area contributed by atoms with Crippen molar-refractivity contribution in [2.75, 3.05) is 13.2 Å². The zero-order valence-electron chi connectivity index (χ0n) is 15.1. The van der Waals surface area contributed by atoms with E-state index in [9.17, 15) is 8.76 Å². The molecule has 7 nitrogen and oxygen atoms in total. The molecule has 2 aromatic heterocycles. The summed E-state index contributed by atoms with van der Waals surface area (Å²) in [6.07, 6.45) is 5.07. The molecule has 3 rings (SSSR count). The fraction of sp³-hybridized carbons (Fsp3) is 0.263. The predicted octanol–water partition coefficient (Wildman–Crippen LogP) is 3.11. The number of nitrogens with zero attached hydrogens (tertiary/aromatic N) is 3. The summed E-state index contributed by atoms with van der Waals surface area (Å²) in [5.74, 6) is 1.33. The Labute approximate surface area is 160 Å². The SMILES string of the molecule is CCOc1cc(OCC)cc(-c2cncn2-c2ccc(CS(=O)[O-])nc2)c1. The van der Waals surface area contributed by atoms with Gasteiger partial charge in [-0.25, -0.2) is 4.98 Å².